The van der Waals surface area contributed by atoms with Crippen molar-refractivity contribution in [1.82, 2.24) is 0 Å². The molecule has 0 spiro atoms. The minimum Gasteiger partial charge on any atom is -0.550 e. The second-order valence-electron chi connectivity index (χ2n) is 1.77. The summed E-state index contributed by atoms with van der Waals surface area (Å²) in [6, 6.07) is 0. The monoisotopic (exact) mass is 192 g/mol. The number of carboxylic acids is 2. The Bertz CT molecular complexity index is 149. The zero-order chi connectivity index (χ0) is 8.15. The molecular weight excluding hydrogens is 186 g/mol. The van der Waals surface area contributed by atoms with Gasteiger partial charge in [0.25, 0.3) is 0 Å². The molecule has 0 aromatic carbocycles. The predicted molar refractivity (Wildman–Crippen MR) is 25.2 cm³/mol. The Morgan fingerprint density at radius 3 is 1.75 bits per heavy atom. The molecule has 0 aromatic heterocycles. The number of hydrogen-bond acceptors (Lipinski definition) is 5. The maximum Gasteiger partial charge on any atom is 1.00 e. The number of carbonyl (C=O) groups excluding carboxylic acids is 2. The summed E-state index contributed by atoms with van der Waals surface area (Å²) in [5.41, 5.74) is 0. The molecular formula is C5H6Na2O5. The van der Waals surface area contributed by atoms with Crippen molar-refractivity contribution in [3.63, 3.8) is 0 Å². The van der Waals surface area contributed by atoms with Crippen LogP contribution in [0.5, 0.6) is 0 Å². The van der Waals surface area contributed by atoms with Gasteiger partial charge in [-0.2, -0.15) is 0 Å². The van der Waals surface area contributed by atoms with Gasteiger partial charge in [0.05, 0.1) is 6.61 Å². The Balaban J connectivity index is -0.000000405. The van der Waals surface area contributed by atoms with Crippen molar-refractivity contribution >= 4 is 11.9 Å². The van der Waals surface area contributed by atoms with E-state index in [0.717, 1.165) is 0 Å². The van der Waals surface area contributed by atoms with Crippen molar-refractivity contribution in [2.45, 2.75) is 6.42 Å². The molecule has 0 aromatic rings. The van der Waals surface area contributed by atoms with Crippen LogP contribution in [0.15, 0.2) is 0 Å². The number of aliphatic carboxylic acids is 2. The van der Waals surface area contributed by atoms with Crippen LogP contribution >= 0.6 is 0 Å². The largest absolute Gasteiger partial charge is 1.00 e. The first kappa shape index (κ1) is 18.6. The van der Waals surface area contributed by atoms with Crippen LogP contribution in [0.2, 0.25) is 0 Å². The van der Waals surface area contributed by atoms with E-state index in [1.165, 1.54) is 0 Å². The molecule has 0 bridgehead atoms. The molecule has 1 atom stereocenters. The number of hydrogen-bond donors (Lipinski definition) is 1. The molecule has 0 saturated heterocycles. The second-order valence-corrected chi connectivity index (χ2v) is 1.77. The van der Waals surface area contributed by atoms with E-state index in [1.54, 1.807) is 0 Å². The number of rotatable bonds is 4. The third kappa shape index (κ3) is 8.99. The normalized spacial score (nSPS) is 10.4. The summed E-state index contributed by atoms with van der Waals surface area (Å²) in [5.74, 6) is -4.44. The topological polar surface area (TPSA) is 100 Å². The summed E-state index contributed by atoms with van der Waals surface area (Å²) in [6.45, 7) is -0.740. The minimum absolute atomic E-state index is 0. The summed E-state index contributed by atoms with van der Waals surface area (Å²) < 4.78 is 0. The minimum atomic E-state index is -1.58. The summed E-state index contributed by atoms with van der Waals surface area (Å²) in [4.78, 5) is 19.7. The van der Waals surface area contributed by atoms with Crippen LogP contribution in [-0.2, 0) is 9.59 Å². The predicted octanol–water partition coefficient (Wildman–Crippen LogP) is -9.51. The molecule has 0 amide bonds. The average Bonchev–Trinajstić information content (AvgIpc) is 1.81. The van der Waals surface area contributed by atoms with Gasteiger partial charge >= 0.3 is 59.1 Å². The van der Waals surface area contributed by atoms with Gasteiger partial charge in [-0.25, -0.2) is 0 Å². The van der Waals surface area contributed by atoms with Gasteiger partial charge in [-0.05, 0) is 6.42 Å². The molecule has 58 valence electrons. The van der Waals surface area contributed by atoms with E-state index in [9.17, 15) is 19.8 Å². The van der Waals surface area contributed by atoms with Crippen LogP contribution in [0.3, 0.4) is 0 Å². The Labute approximate surface area is 114 Å². The van der Waals surface area contributed by atoms with Gasteiger partial charge in [-0.3, -0.25) is 0 Å². The molecule has 5 nitrogen and oxygen atoms in total. The van der Waals surface area contributed by atoms with Crippen LogP contribution in [-0.4, -0.2) is 23.7 Å². The number of aliphatic hydroxyl groups excluding tert-OH is 1. The maximum absolute atomic E-state index is 9.90. The third-order valence-electron chi connectivity index (χ3n) is 0.967. The van der Waals surface area contributed by atoms with Crippen molar-refractivity contribution in [1.29, 1.82) is 0 Å². The molecule has 0 fully saturated rings. The zero-order valence-corrected chi connectivity index (χ0v) is 11.1. The van der Waals surface area contributed by atoms with Gasteiger partial charge in [0, 0.05) is 17.9 Å². The molecule has 1 N–H and O–H groups in total. The van der Waals surface area contributed by atoms with E-state index in [4.69, 9.17) is 5.11 Å². The molecule has 0 radical (unpaired) electrons. The van der Waals surface area contributed by atoms with Crippen LogP contribution in [0.4, 0.5) is 0 Å². The molecule has 1 unspecified atom stereocenters. The fraction of sp³-hybridized carbons (Fsp3) is 0.600. The van der Waals surface area contributed by atoms with Crippen molar-refractivity contribution in [3.8, 4) is 0 Å². The molecule has 0 aliphatic rings. The Hall–Kier alpha value is 0.900. The van der Waals surface area contributed by atoms with E-state index >= 15 is 0 Å². The smallest absolute Gasteiger partial charge is 0.550 e. The fourth-order valence-corrected chi connectivity index (χ4v) is 0.424. The first-order chi connectivity index (χ1) is 4.57. The fourth-order valence-electron chi connectivity index (χ4n) is 0.424. The summed E-state index contributed by atoms with van der Waals surface area (Å²) in [7, 11) is 0. The molecule has 0 saturated carbocycles. The van der Waals surface area contributed by atoms with Crippen molar-refractivity contribution in [2.75, 3.05) is 6.61 Å². The third-order valence-corrected chi connectivity index (χ3v) is 0.967. The van der Waals surface area contributed by atoms with E-state index in [2.05, 4.69) is 0 Å². The maximum atomic E-state index is 9.90. The van der Waals surface area contributed by atoms with Crippen LogP contribution < -0.4 is 69.3 Å². The zero-order valence-electron chi connectivity index (χ0n) is 7.07. The number of aliphatic hydroxyl groups is 1. The van der Waals surface area contributed by atoms with Gasteiger partial charge in [0.2, 0.25) is 0 Å². The number of carbonyl (C=O) groups is 2. The molecule has 0 aliphatic heterocycles. The van der Waals surface area contributed by atoms with Gasteiger partial charge in [0.15, 0.2) is 0 Å². The molecule has 0 aliphatic carbocycles. The van der Waals surface area contributed by atoms with Crippen LogP contribution in [0.25, 0.3) is 0 Å². The first-order valence-electron chi connectivity index (χ1n) is 2.59. The van der Waals surface area contributed by atoms with Crippen molar-refractivity contribution in [2.24, 2.45) is 5.92 Å². The summed E-state index contributed by atoms with van der Waals surface area (Å²) in [6.07, 6.45) is -0.709. The van der Waals surface area contributed by atoms with Crippen LogP contribution in [0, 0.1) is 5.92 Å². The number of carboxylic acid groups (broad SMARTS) is 2. The Morgan fingerprint density at radius 1 is 1.25 bits per heavy atom. The van der Waals surface area contributed by atoms with E-state index < -0.39 is 30.9 Å². The molecule has 12 heavy (non-hydrogen) atoms. The quantitative estimate of drug-likeness (QED) is 0.446. The average molecular weight is 192 g/mol. The van der Waals surface area contributed by atoms with E-state index in [0.29, 0.717) is 0 Å². The SMILES string of the molecule is O=C([O-])CC(CO)C(=O)[O-].[Na+].[Na+]. The van der Waals surface area contributed by atoms with E-state index in [-0.39, 0.29) is 59.1 Å². The standard InChI is InChI=1S/C5H8O5.2Na/c6-2-3(5(9)10)1-4(7)8;;/h3,6H,1-2H2,(H,7,8)(H,9,10);;/q;2*+1/p-2. The van der Waals surface area contributed by atoms with Crippen molar-refractivity contribution in [3.05, 3.63) is 0 Å². The summed E-state index contributed by atoms with van der Waals surface area (Å²) in [5, 5.41) is 27.9. The van der Waals surface area contributed by atoms with Crippen molar-refractivity contribution < 1.29 is 84.0 Å². The van der Waals surface area contributed by atoms with Gasteiger partial charge in [-0.15, -0.1) is 0 Å². The molecule has 7 heteroatoms. The van der Waals surface area contributed by atoms with E-state index in [1.807, 2.05) is 0 Å². The van der Waals surface area contributed by atoms with Crippen LogP contribution in [0.1, 0.15) is 6.42 Å². The Kier molecular flexibility index (Phi) is 15.5. The van der Waals surface area contributed by atoms with Gasteiger partial charge in [-0.1, -0.05) is 0 Å². The Morgan fingerprint density at radius 2 is 1.67 bits per heavy atom. The van der Waals surface area contributed by atoms with Gasteiger partial charge < -0.3 is 24.9 Å². The second kappa shape index (κ2) is 9.98. The first-order valence-corrected chi connectivity index (χ1v) is 2.59. The van der Waals surface area contributed by atoms with Gasteiger partial charge in [0.1, 0.15) is 0 Å². The summed E-state index contributed by atoms with van der Waals surface area (Å²) >= 11 is 0. The molecule has 0 rings (SSSR count). The molecule has 0 heterocycles.